The lowest BCUT2D eigenvalue weighted by atomic mass is 9.94. The van der Waals surface area contributed by atoms with Gasteiger partial charge in [-0.25, -0.2) is 28.5 Å². The maximum atomic E-state index is 15.6. The lowest BCUT2D eigenvalue weighted by Crippen LogP contribution is -2.50. The Labute approximate surface area is 243 Å². The van der Waals surface area contributed by atoms with Crippen LogP contribution in [0.15, 0.2) is 67.0 Å². The summed E-state index contributed by atoms with van der Waals surface area (Å²) in [6, 6.07) is 13.1. The summed E-state index contributed by atoms with van der Waals surface area (Å²) in [6.45, 7) is 3.87. The third-order valence-electron chi connectivity index (χ3n) is 6.85. The van der Waals surface area contributed by atoms with Crippen LogP contribution in [-0.2, 0) is 11.3 Å². The normalized spacial score (nSPS) is 20.1. The fourth-order valence-electron chi connectivity index (χ4n) is 5.00. The number of hydrogen-bond donors (Lipinski definition) is 3. The summed E-state index contributed by atoms with van der Waals surface area (Å²) in [5.41, 5.74) is -0.0897. The highest BCUT2D eigenvalue weighted by atomic mass is 32.2. The van der Waals surface area contributed by atoms with E-state index in [1.54, 1.807) is 48.5 Å². The van der Waals surface area contributed by atoms with Crippen molar-refractivity contribution in [2.24, 2.45) is 0 Å². The molecule has 1 aliphatic rings. The Hall–Kier alpha value is -3.91. The molecule has 0 saturated carbocycles. The topological polar surface area (TPSA) is 124 Å². The van der Waals surface area contributed by atoms with Gasteiger partial charge in [-0.05, 0) is 49.2 Å². The van der Waals surface area contributed by atoms with E-state index in [-0.39, 0.29) is 42.0 Å². The molecular weight excluding hydrogens is 569 g/mol. The van der Waals surface area contributed by atoms with Crippen LogP contribution < -0.4 is 20.1 Å². The molecule has 0 radical (unpaired) electrons. The number of nitrogens with zero attached hydrogens (tertiary/aromatic N) is 3. The minimum Gasteiger partial charge on any atom is -0.760 e. The van der Waals surface area contributed by atoms with E-state index in [2.05, 4.69) is 30.3 Å². The molecule has 42 heavy (non-hydrogen) atoms. The first-order valence-electron chi connectivity index (χ1n) is 13.1. The van der Waals surface area contributed by atoms with Gasteiger partial charge in [0.25, 0.3) is 0 Å². The molecule has 3 heterocycles. The van der Waals surface area contributed by atoms with Crippen LogP contribution in [0, 0.1) is 18.6 Å². The van der Waals surface area contributed by atoms with Gasteiger partial charge < -0.3 is 19.9 Å². The van der Waals surface area contributed by atoms with Gasteiger partial charge in [0.05, 0.1) is 17.3 Å². The highest BCUT2D eigenvalue weighted by Gasteiger charge is 2.32. The molecule has 2 aromatic heterocycles. The van der Waals surface area contributed by atoms with Crippen LogP contribution in [0.3, 0.4) is 0 Å². The van der Waals surface area contributed by atoms with E-state index in [0.29, 0.717) is 23.4 Å². The first-order valence-corrected chi connectivity index (χ1v) is 14.2. The SMILES string of the molecule is Cc1cc(Oc2ncccc2-c2ccnc(N[C@@H]3CNC[C@@](C)(F)C3)n2)c(F)c(F)c1C(NS(=O)[O-])c1ccccc1. The number of alkyl halides is 1. The molecular formula is C29H28F3N6O3S-. The molecule has 4 aromatic rings. The number of piperidine rings is 1. The molecule has 1 aliphatic heterocycles. The second-order valence-electron chi connectivity index (χ2n) is 10.2. The van der Waals surface area contributed by atoms with E-state index >= 15 is 8.78 Å². The molecule has 0 aliphatic carbocycles. The Morgan fingerprint density at radius 2 is 1.90 bits per heavy atom. The van der Waals surface area contributed by atoms with Gasteiger partial charge in [0.15, 0.2) is 11.6 Å². The standard InChI is InChI=1S/C29H29F3N6O3S/c1-17-13-22(24(30)25(31)23(17)26(38-42(39)40)18-7-4-3-5-8-18)41-27-20(9-6-11-34-27)21-10-12-35-28(37-21)36-19-14-29(2,32)16-33-15-19/h3-13,19,26,33,38H,14-16H2,1-2H3,(H,39,40)(H,35,36,37)/p-1/t19-,26?,29-/m0/s1. The van der Waals surface area contributed by atoms with Crippen molar-refractivity contribution in [2.45, 2.75) is 38.0 Å². The molecule has 3 N–H and O–H groups in total. The lowest BCUT2D eigenvalue weighted by molar-refractivity contribution is 0.137. The summed E-state index contributed by atoms with van der Waals surface area (Å²) >= 11 is -2.76. The van der Waals surface area contributed by atoms with Crippen LogP contribution >= 0.6 is 0 Å². The predicted molar refractivity (Wildman–Crippen MR) is 151 cm³/mol. The second-order valence-corrected chi connectivity index (χ2v) is 10.9. The summed E-state index contributed by atoms with van der Waals surface area (Å²) in [4.78, 5) is 13.0. The first kappa shape index (κ1) is 29.6. The molecule has 220 valence electrons. The van der Waals surface area contributed by atoms with Crippen molar-refractivity contribution in [3.8, 4) is 22.9 Å². The van der Waals surface area contributed by atoms with E-state index < -0.39 is 40.4 Å². The molecule has 0 spiro atoms. The molecule has 5 rings (SSSR count). The maximum absolute atomic E-state index is 15.6. The van der Waals surface area contributed by atoms with Gasteiger partial charge in [-0.1, -0.05) is 30.3 Å². The zero-order chi connectivity index (χ0) is 29.9. The van der Waals surface area contributed by atoms with Crippen molar-refractivity contribution in [3.05, 3.63) is 95.3 Å². The van der Waals surface area contributed by atoms with Crippen LogP contribution in [0.1, 0.15) is 36.1 Å². The molecule has 1 fully saturated rings. The van der Waals surface area contributed by atoms with Crippen LogP contribution in [0.25, 0.3) is 11.3 Å². The maximum Gasteiger partial charge on any atom is 0.228 e. The van der Waals surface area contributed by atoms with E-state index in [9.17, 15) is 13.2 Å². The van der Waals surface area contributed by atoms with E-state index in [1.807, 2.05) is 0 Å². The first-order chi connectivity index (χ1) is 20.1. The molecule has 2 aromatic carbocycles. The number of anilines is 1. The van der Waals surface area contributed by atoms with Crippen LogP contribution in [0.2, 0.25) is 0 Å². The van der Waals surface area contributed by atoms with Crippen LogP contribution in [0.5, 0.6) is 11.6 Å². The third-order valence-corrected chi connectivity index (χ3v) is 7.28. The second kappa shape index (κ2) is 12.5. The highest BCUT2D eigenvalue weighted by Crippen LogP contribution is 2.37. The van der Waals surface area contributed by atoms with Crippen molar-refractivity contribution in [1.29, 1.82) is 0 Å². The zero-order valence-corrected chi connectivity index (χ0v) is 23.6. The molecule has 4 atom stereocenters. The summed E-state index contributed by atoms with van der Waals surface area (Å²) in [7, 11) is 0. The predicted octanol–water partition coefficient (Wildman–Crippen LogP) is 4.89. The summed E-state index contributed by atoms with van der Waals surface area (Å²) in [5.74, 6) is -2.78. The van der Waals surface area contributed by atoms with Crippen molar-refractivity contribution in [3.63, 3.8) is 0 Å². The number of aromatic nitrogens is 3. The fraction of sp³-hybridized carbons (Fsp3) is 0.276. The van der Waals surface area contributed by atoms with Gasteiger partial charge in [0.2, 0.25) is 17.6 Å². The van der Waals surface area contributed by atoms with Crippen LogP contribution in [0.4, 0.5) is 19.1 Å². The van der Waals surface area contributed by atoms with Crippen LogP contribution in [-0.4, -0.2) is 48.5 Å². The highest BCUT2D eigenvalue weighted by molar-refractivity contribution is 7.77. The number of aryl methyl sites for hydroxylation is 1. The molecule has 9 nitrogen and oxygen atoms in total. The molecule has 2 unspecified atom stereocenters. The summed E-state index contributed by atoms with van der Waals surface area (Å²) < 4.78 is 76.6. The average molecular weight is 598 g/mol. The number of halogens is 3. The number of rotatable bonds is 9. The molecule has 13 heteroatoms. The Bertz CT molecular complexity index is 1590. The number of benzene rings is 2. The van der Waals surface area contributed by atoms with E-state index in [4.69, 9.17) is 4.74 Å². The van der Waals surface area contributed by atoms with E-state index in [0.717, 1.165) is 0 Å². The lowest BCUT2D eigenvalue weighted by Gasteiger charge is -2.33. The number of nitrogens with one attached hydrogen (secondary N) is 3. The van der Waals surface area contributed by atoms with E-state index in [1.165, 1.54) is 32.3 Å². The Morgan fingerprint density at radius 3 is 2.64 bits per heavy atom. The Balaban J connectivity index is 1.45. The van der Waals surface area contributed by atoms with Gasteiger partial charge in [-0.3, -0.25) is 4.21 Å². The smallest absolute Gasteiger partial charge is 0.228 e. The summed E-state index contributed by atoms with van der Waals surface area (Å²) in [6.07, 6.45) is 3.23. The molecule has 0 amide bonds. The Kier molecular flexibility index (Phi) is 8.82. The summed E-state index contributed by atoms with van der Waals surface area (Å²) in [5, 5.41) is 6.19. The van der Waals surface area contributed by atoms with Crippen molar-refractivity contribution < 1.29 is 26.7 Å². The minimum atomic E-state index is -2.76. The molecule has 0 bridgehead atoms. The largest absolute Gasteiger partial charge is 0.760 e. The third kappa shape index (κ3) is 6.76. The molecule has 1 saturated heterocycles. The van der Waals surface area contributed by atoms with Crippen molar-refractivity contribution in [1.82, 2.24) is 25.0 Å². The van der Waals surface area contributed by atoms with Gasteiger partial charge >= 0.3 is 0 Å². The quantitative estimate of drug-likeness (QED) is 0.233. The Morgan fingerprint density at radius 1 is 1.12 bits per heavy atom. The average Bonchev–Trinajstić information content (AvgIpc) is 2.95. The van der Waals surface area contributed by atoms with Gasteiger partial charge in [0.1, 0.15) is 5.67 Å². The van der Waals surface area contributed by atoms with Gasteiger partial charge in [0, 0.05) is 54.8 Å². The zero-order valence-electron chi connectivity index (χ0n) is 22.7. The number of hydrogen-bond acceptors (Lipinski definition) is 8. The van der Waals surface area contributed by atoms with Crippen molar-refractivity contribution >= 4 is 17.2 Å². The van der Waals surface area contributed by atoms with Crippen molar-refractivity contribution in [2.75, 3.05) is 18.4 Å². The fourth-order valence-corrected chi connectivity index (χ4v) is 5.45. The monoisotopic (exact) mass is 597 g/mol. The van der Waals surface area contributed by atoms with Gasteiger partial charge in [-0.15, -0.1) is 0 Å². The van der Waals surface area contributed by atoms with Gasteiger partial charge in [-0.2, -0.15) is 4.39 Å². The number of pyridine rings is 1. The number of ether oxygens (including phenoxy) is 1. The minimum absolute atomic E-state index is 0.0401.